The van der Waals surface area contributed by atoms with Crippen LogP contribution in [0.5, 0.6) is 0 Å². The van der Waals surface area contributed by atoms with Gasteiger partial charge in [-0.25, -0.2) is 9.97 Å². The van der Waals surface area contributed by atoms with Crippen molar-refractivity contribution < 1.29 is 0 Å². The van der Waals surface area contributed by atoms with Gasteiger partial charge in [0.05, 0.1) is 27.9 Å². The fraction of sp³-hybridized carbons (Fsp3) is 0.0625. The van der Waals surface area contributed by atoms with E-state index in [1.54, 1.807) is 0 Å². The number of fused-ring (bicyclic) bond motifs is 8. The van der Waals surface area contributed by atoms with Crippen LogP contribution in [0.3, 0.4) is 0 Å². The molecular weight excluding hydrogens is 619 g/mol. The molecule has 1 aliphatic carbocycles. The third-order valence-electron chi connectivity index (χ3n) is 10.6. The number of aromatic nitrogens is 3. The normalized spacial score (nSPS) is 13.9. The van der Waals surface area contributed by atoms with Crippen LogP contribution >= 0.6 is 0 Å². The minimum atomic E-state index is 0.275. The highest BCUT2D eigenvalue weighted by Gasteiger charge is 2.27. The monoisotopic (exact) mass is 651 g/mol. The molecule has 0 radical (unpaired) electrons. The second kappa shape index (κ2) is 12.2. The second-order valence-electron chi connectivity index (χ2n) is 13.5. The molecule has 0 amide bonds. The quantitative estimate of drug-likeness (QED) is 0.178. The van der Waals surface area contributed by atoms with E-state index in [2.05, 4.69) is 163 Å². The van der Waals surface area contributed by atoms with Crippen molar-refractivity contribution in [2.24, 2.45) is 0 Å². The van der Waals surface area contributed by atoms with E-state index in [0.717, 1.165) is 57.1 Å². The summed E-state index contributed by atoms with van der Waals surface area (Å²) in [5, 5.41) is 3.43. The third-order valence-corrected chi connectivity index (χ3v) is 10.6. The Labute approximate surface area is 297 Å². The van der Waals surface area contributed by atoms with Gasteiger partial charge in [-0.3, -0.25) is 4.98 Å². The minimum absolute atomic E-state index is 0.275. The van der Waals surface area contributed by atoms with Gasteiger partial charge in [-0.05, 0) is 70.0 Å². The van der Waals surface area contributed by atoms with Gasteiger partial charge in [-0.1, -0.05) is 146 Å². The first-order valence-corrected chi connectivity index (χ1v) is 17.7. The molecule has 3 nitrogen and oxygen atoms in total. The second-order valence-corrected chi connectivity index (χ2v) is 13.5. The first-order valence-electron chi connectivity index (χ1n) is 17.7. The van der Waals surface area contributed by atoms with Crippen molar-refractivity contribution in [3.05, 3.63) is 187 Å². The Morgan fingerprint density at radius 1 is 0.490 bits per heavy atom. The van der Waals surface area contributed by atoms with E-state index in [4.69, 9.17) is 9.97 Å². The zero-order valence-corrected chi connectivity index (χ0v) is 28.0. The van der Waals surface area contributed by atoms with Crippen molar-refractivity contribution in [3.8, 4) is 44.8 Å². The van der Waals surface area contributed by atoms with E-state index in [1.165, 1.54) is 49.9 Å². The van der Waals surface area contributed by atoms with Gasteiger partial charge in [0.25, 0.3) is 0 Å². The van der Waals surface area contributed by atoms with E-state index in [0.29, 0.717) is 0 Å². The lowest BCUT2D eigenvalue weighted by Crippen LogP contribution is -2.02. The summed E-state index contributed by atoms with van der Waals surface area (Å²) in [6.07, 6.45) is 3.81. The van der Waals surface area contributed by atoms with Crippen LogP contribution in [0.4, 0.5) is 0 Å². The Kier molecular flexibility index (Phi) is 7.02. The number of rotatable bonds is 4. The Morgan fingerprint density at radius 3 is 2.02 bits per heavy atom. The third kappa shape index (κ3) is 5.09. The predicted molar refractivity (Wildman–Crippen MR) is 211 cm³/mol. The summed E-state index contributed by atoms with van der Waals surface area (Å²) in [6, 6.07) is 58.9. The highest BCUT2D eigenvalue weighted by atomic mass is 14.8. The van der Waals surface area contributed by atoms with Crippen molar-refractivity contribution in [1.29, 1.82) is 0 Å². The maximum atomic E-state index is 5.26. The summed E-state index contributed by atoms with van der Waals surface area (Å²) in [5.74, 6) is 0.275. The molecule has 9 aromatic rings. The van der Waals surface area contributed by atoms with Gasteiger partial charge >= 0.3 is 0 Å². The number of pyridine rings is 3. The zero-order chi connectivity index (χ0) is 33.7. The Bertz CT molecular complexity index is 2730. The zero-order valence-electron chi connectivity index (χ0n) is 28.0. The fourth-order valence-electron chi connectivity index (χ4n) is 8.08. The van der Waals surface area contributed by atoms with E-state index < -0.39 is 0 Å². The molecule has 0 N–H and O–H groups in total. The van der Waals surface area contributed by atoms with Crippen molar-refractivity contribution in [1.82, 2.24) is 15.0 Å². The molecule has 1 aliphatic rings. The van der Waals surface area contributed by atoms with Crippen molar-refractivity contribution in [2.45, 2.75) is 18.8 Å². The van der Waals surface area contributed by atoms with Gasteiger partial charge in [0, 0.05) is 39.4 Å². The Balaban J connectivity index is 0.990. The fourth-order valence-corrected chi connectivity index (χ4v) is 8.08. The van der Waals surface area contributed by atoms with Crippen LogP contribution in [0.1, 0.15) is 29.0 Å². The molecule has 51 heavy (non-hydrogen) atoms. The summed E-state index contributed by atoms with van der Waals surface area (Å²) in [7, 11) is 0. The molecule has 3 heterocycles. The van der Waals surface area contributed by atoms with Crippen LogP contribution in [-0.2, 0) is 6.42 Å². The van der Waals surface area contributed by atoms with E-state index in [-0.39, 0.29) is 5.92 Å². The summed E-state index contributed by atoms with van der Waals surface area (Å²) >= 11 is 0. The molecule has 0 spiro atoms. The number of para-hydroxylation sites is 1. The molecule has 0 aliphatic heterocycles. The van der Waals surface area contributed by atoms with E-state index in [1.807, 2.05) is 12.3 Å². The highest BCUT2D eigenvalue weighted by molar-refractivity contribution is 6.03. The maximum absolute atomic E-state index is 5.26. The van der Waals surface area contributed by atoms with Crippen LogP contribution in [0, 0.1) is 0 Å². The van der Waals surface area contributed by atoms with Gasteiger partial charge in [0.1, 0.15) is 0 Å². The van der Waals surface area contributed by atoms with Crippen LogP contribution in [0.15, 0.2) is 170 Å². The Morgan fingerprint density at radius 2 is 1.18 bits per heavy atom. The molecule has 0 saturated carbocycles. The summed E-state index contributed by atoms with van der Waals surface area (Å²) in [5.41, 5.74) is 16.4. The van der Waals surface area contributed by atoms with E-state index in [9.17, 15) is 0 Å². The summed E-state index contributed by atoms with van der Waals surface area (Å²) in [4.78, 5) is 14.9. The number of nitrogens with zero attached hydrogens (tertiary/aromatic N) is 3. The molecule has 1 unspecified atom stereocenters. The first-order chi connectivity index (χ1) is 25.3. The van der Waals surface area contributed by atoms with Crippen LogP contribution < -0.4 is 0 Å². The van der Waals surface area contributed by atoms with Gasteiger partial charge in [0.2, 0.25) is 0 Å². The van der Waals surface area contributed by atoms with Gasteiger partial charge in [0.15, 0.2) is 0 Å². The number of hydrogen-bond donors (Lipinski definition) is 0. The molecule has 0 saturated heterocycles. The highest BCUT2D eigenvalue weighted by Crippen LogP contribution is 2.46. The lowest BCUT2D eigenvalue weighted by molar-refractivity contribution is 0.726. The molecule has 0 fully saturated rings. The summed E-state index contributed by atoms with van der Waals surface area (Å²) < 4.78 is 0. The molecule has 3 aromatic heterocycles. The molecule has 6 aromatic carbocycles. The van der Waals surface area contributed by atoms with E-state index >= 15 is 0 Å². The molecule has 10 rings (SSSR count). The topological polar surface area (TPSA) is 38.7 Å². The standard InChI is InChI=1S/C48H33N3/c1-2-9-35(10-3-1)46-42-28-27-38(39-12-4-5-13-40(39)45(42)41-14-6-7-15-44(41)51-46)33-20-16-31(17-21-33)32-18-22-34(23-19-32)43-29-26-37-25-24-36-11-8-30-49-47(36)48(37)50-43/h1-26,29-30,38H,27-28H2. The van der Waals surface area contributed by atoms with Gasteiger partial charge < -0.3 is 0 Å². The molecular formula is C48H33N3. The Hall–Kier alpha value is -6.45. The lowest BCUT2D eigenvalue weighted by Gasteiger charge is -2.19. The molecule has 1 atom stereocenters. The van der Waals surface area contributed by atoms with Gasteiger partial charge in [-0.2, -0.15) is 0 Å². The smallest absolute Gasteiger partial charge is 0.0972 e. The molecule has 0 bridgehead atoms. The van der Waals surface area contributed by atoms with Crippen LogP contribution in [-0.4, -0.2) is 15.0 Å². The minimum Gasteiger partial charge on any atom is -0.254 e. The average Bonchev–Trinajstić information content (AvgIpc) is 3.38. The lowest BCUT2D eigenvalue weighted by atomic mass is 9.85. The van der Waals surface area contributed by atoms with Crippen molar-refractivity contribution in [2.75, 3.05) is 0 Å². The number of benzene rings is 6. The maximum Gasteiger partial charge on any atom is 0.0972 e. The van der Waals surface area contributed by atoms with Crippen molar-refractivity contribution >= 4 is 32.7 Å². The van der Waals surface area contributed by atoms with Gasteiger partial charge in [-0.15, -0.1) is 0 Å². The largest absolute Gasteiger partial charge is 0.254 e. The molecule has 3 heteroatoms. The van der Waals surface area contributed by atoms with Crippen molar-refractivity contribution in [3.63, 3.8) is 0 Å². The molecule has 240 valence electrons. The number of hydrogen-bond acceptors (Lipinski definition) is 3. The first kappa shape index (κ1) is 29.5. The van der Waals surface area contributed by atoms with Crippen LogP contribution in [0.25, 0.3) is 77.5 Å². The predicted octanol–water partition coefficient (Wildman–Crippen LogP) is 12.1. The average molecular weight is 652 g/mol. The summed E-state index contributed by atoms with van der Waals surface area (Å²) in [6.45, 7) is 0. The SMILES string of the molecule is c1ccc(-c2nc3ccccc3c3c2CCC(c2ccc(-c4ccc(-c5ccc6ccc7cccnc7c6n5)cc4)cc2)c2ccccc2-3)cc1. The van der Waals surface area contributed by atoms with Crippen LogP contribution in [0.2, 0.25) is 0 Å².